The molecule has 0 amide bonds. The number of rotatable bonds is 6. The largest absolute Gasteiger partial charge is 0.455 e. The highest BCUT2D eigenvalue weighted by molar-refractivity contribution is 6.16. The molecule has 0 spiro atoms. The fourth-order valence-electron chi connectivity index (χ4n) is 9.65. The van der Waals surface area contributed by atoms with E-state index in [4.69, 9.17) is 8.83 Å². The fourth-order valence-corrected chi connectivity index (χ4v) is 9.65. The van der Waals surface area contributed by atoms with Crippen LogP contribution in [0.15, 0.2) is 227 Å². The maximum Gasteiger partial charge on any atom is 0.143 e. The standard InChI is InChI=1S/C60H37NO2/c1-5-13-37(14-6-1)41-23-27-57-51(29-41)53-33-45(39-17-9-3-10-18-39)31-49(59(53)62-57)43-21-25-47-48-26-22-44(36-56(48)61-55(47)35-43)50-32-46(40-19-11-4-12-20-40)34-54-52-30-42(38-15-7-2-8-16-38)24-28-58(52)63-60(50)54/h1-36,61H. The minimum Gasteiger partial charge on any atom is -0.455 e. The molecule has 0 fully saturated rings. The average molecular weight is 804 g/mol. The lowest BCUT2D eigenvalue weighted by molar-refractivity contribution is 0.669. The van der Waals surface area contributed by atoms with Gasteiger partial charge in [-0.1, -0.05) is 158 Å². The predicted molar refractivity (Wildman–Crippen MR) is 263 cm³/mol. The highest BCUT2D eigenvalue weighted by atomic mass is 16.3. The van der Waals surface area contributed by atoms with Crippen LogP contribution in [0.5, 0.6) is 0 Å². The molecule has 1 N–H and O–H groups in total. The van der Waals surface area contributed by atoms with Gasteiger partial charge in [0.15, 0.2) is 0 Å². The van der Waals surface area contributed by atoms with E-state index in [0.29, 0.717) is 0 Å². The normalized spacial score (nSPS) is 11.8. The van der Waals surface area contributed by atoms with Gasteiger partial charge in [-0.05, 0) is 116 Å². The van der Waals surface area contributed by atoms with Crippen molar-refractivity contribution >= 4 is 65.7 Å². The molecule has 0 bridgehead atoms. The summed E-state index contributed by atoms with van der Waals surface area (Å²) in [4.78, 5) is 3.83. The zero-order chi connectivity index (χ0) is 41.4. The van der Waals surface area contributed by atoms with Crippen LogP contribution in [0.25, 0.3) is 132 Å². The lowest BCUT2D eigenvalue weighted by Gasteiger charge is -2.09. The third kappa shape index (κ3) is 5.89. The van der Waals surface area contributed by atoms with Gasteiger partial charge < -0.3 is 13.8 Å². The lowest BCUT2D eigenvalue weighted by atomic mass is 9.94. The smallest absolute Gasteiger partial charge is 0.143 e. The molecule has 0 unspecified atom stereocenters. The second kappa shape index (κ2) is 14.1. The van der Waals surface area contributed by atoms with Crippen LogP contribution in [0.3, 0.4) is 0 Å². The van der Waals surface area contributed by atoms with Crippen molar-refractivity contribution in [2.45, 2.75) is 0 Å². The molecule has 13 rings (SSSR count). The molecule has 0 saturated heterocycles. The van der Waals surface area contributed by atoms with Crippen LogP contribution in [0, 0.1) is 0 Å². The highest BCUT2D eigenvalue weighted by Crippen LogP contribution is 2.44. The molecular weight excluding hydrogens is 767 g/mol. The van der Waals surface area contributed by atoms with Gasteiger partial charge in [-0.25, -0.2) is 0 Å². The highest BCUT2D eigenvalue weighted by Gasteiger charge is 2.20. The van der Waals surface area contributed by atoms with E-state index in [-0.39, 0.29) is 0 Å². The monoisotopic (exact) mass is 803 g/mol. The first-order valence-corrected chi connectivity index (χ1v) is 21.5. The van der Waals surface area contributed by atoms with Crippen LogP contribution in [-0.4, -0.2) is 4.98 Å². The Kier molecular flexibility index (Phi) is 7.91. The van der Waals surface area contributed by atoms with Crippen LogP contribution in [0.4, 0.5) is 0 Å². The van der Waals surface area contributed by atoms with Gasteiger partial charge in [0.2, 0.25) is 0 Å². The van der Waals surface area contributed by atoms with E-state index in [1.54, 1.807) is 0 Å². The van der Waals surface area contributed by atoms with Crippen LogP contribution >= 0.6 is 0 Å². The van der Waals surface area contributed by atoms with E-state index in [1.807, 2.05) is 0 Å². The Bertz CT molecular complexity index is 3620. The third-order valence-electron chi connectivity index (χ3n) is 12.8. The summed E-state index contributed by atoms with van der Waals surface area (Å²) < 4.78 is 13.5. The van der Waals surface area contributed by atoms with Crippen molar-refractivity contribution in [3.63, 3.8) is 0 Å². The molecule has 0 radical (unpaired) electrons. The third-order valence-corrected chi connectivity index (χ3v) is 12.8. The van der Waals surface area contributed by atoms with Crippen molar-refractivity contribution in [3.05, 3.63) is 218 Å². The Hall–Kier alpha value is -8.40. The van der Waals surface area contributed by atoms with E-state index in [9.17, 15) is 0 Å². The summed E-state index contributed by atoms with van der Waals surface area (Å²) >= 11 is 0. The number of fused-ring (bicyclic) bond motifs is 9. The van der Waals surface area contributed by atoms with Gasteiger partial charge in [-0.15, -0.1) is 0 Å². The fraction of sp³-hybridized carbons (Fsp3) is 0. The maximum atomic E-state index is 6.76. The van der Waals surface area contributed by atoms with Crippen molar-refractivity contribution in [2.24, 2.45) is 0 Å². The summed E-state index contributed by atoms with van der Waals surface area (Å²) in [6.07, 6.45) is 0. The Balaban J connectivity index is 0.968. The Morgan fingerprint density at radius 2 is 0.587 bits per heavy atom. The molecule has 3 aromatic heterocycles. The number of aromatic nitrogens is 1. The molecule has 0 aliphatic rings. The van der Waals surface area contributed by atoms with Crippen LogP contribution in [0.1, 0.15) is 0 Å². The molecule has 0 aliphatic carbocycles. The summed E-state index contributed by atoms with van der Waals surface area (Å²) in [5.74, 6) is 0. The Morgan fingerprint density at radius 3 is 0.984 bits per heavy atom. The van der Waals surface area contributed by atoms with Crippen LogP contribution in [-0.2, 0) is 0 Å². The quantitative estimate of drug-likeness (QED) is 0.182. The van der Waals surface area contributed by atoms with Crippen molar-refractivity contribution in [3.8, 4) is 66.8 Å². The summed E-state index contributed by atoms with van der Waals surface area (Å²) in [6.45, 7) is 0. The van der Waals surface area contributed by atoms with E-state index >= 15 is 0 Å². The Morgan fingerprint density at radius 1 is 0.238 bits per heavy atom. The van der Waals surface area contributed by atoms with Crippen LogP contribution in [0.2, 0.25) is 0 Å². The molecule has 0 saturated carbocycles. The van der Waals surface area contributed by atoms with Gasteiger partial charge in [0, 0.05) is 54.5 Å². The number of H-pyrrole nitrogens is 1. The molecule has 0 aliphatic heterocycles. The van der Waals surface area contributed by atoms with Crippen molar-refractivity contribution in [1.82, 2.24) is 4.98 Å². The molecule has 63 heavy (non-hydrogen) atoms. The minimum absolute atomic E-state index is 0.877. The molecule has 294 valence electrons. The molecule has 3 nitrogen and oxygen atoms in total. The summed E-state index contributed by atoms with van der Waals surface area (Å²) in [5, 5.41) is 6.77. The van der Waals surface area contributed by atoms with Gasteiger partial charge in [-0.3, -0.25) is 0 Å². The topological polar surface area (TPSA) is 42.1 Å². The van der Waals surface area contributed by atoms with Crippen molar-refractivity contribution in [2.75, 3.05) is 0 Å². The lowest BCUT2D eigenvalue weighted by Crippen LogP contribution is -1.84. The molecule has 3 heteroatoms. The van der Waals surface area contributed by atoms with Crippen molar-refractivity contribution < 1.29 is 8.83 Å². The number of hydrogen-bond acceptors (Lipinski definition) is 2. The average Bonchev–Trinajstić information content (AvgIpc) is 4.04. The van der Waals surface area contributed by atoms with Crippen LogP contribution < -0.4 is 0 Å². The first-order valence-electron chi connectivity index (χ1n) is 21.5. The van der Waals surface area contributed by atoms with E-state index in [1.165, 1.54) is 44.2 Å². The van der Waals surface area contributed by atoms with Crippen molar-refractivity contribution in [1.29, 1.82) is 0 Å². The zero-order valence-electron chi connectivity index (χ0n) is 34.1. The van der Waals surface area contributed by atoms with Gasteiger partial charge in [-0.2, -0.15) is 0 Å². The molecule has 0 atom stereocenters. The van der Waals surface area contributed by atoms with Gasteiger partial charge in [0.05, 0.1) is 0 Å². The Labute approximate surface area is 363 Å². The molecule has 13 aromatic rings. The molecular formula is C60H37NO2. The summed E-state index contributed by atoms with van der Waals surface area (Å²) in [5.41, 5.74) is 19.3. The summed E-state index contributed by atoms with van der Waals surface area (Å²) in [7, 11) is 0. The van der Waals surface area contributed by atoms with E-state index in [0.717, 1.165) is 88.3 Å². The number of nitrogens with one attached hydrogen (secondary N) is 1. The van der Waals surface area contributed by atoms with E-state index in [2.05, 4.69) is 223 Å². The minimum atomic E-state index is 0.877. The number of aromatic amines is 1. The SMILES string of the molecule is c1ccc(-c2ccc3oc4c(-c5ccc6c(c5)[nH]c5cc(-c7cc(-c8ccccc8)cc8c7oc7ccc(-c9ccccc9)cc78)ccc56)cc(-c5ccccc5)cc4c3c2)cc1. The number of furan rings is 2. The zero-order valence-corrected chi connectivity index (χ0v) is 34.1. The summed E-state index contributed by atoms with van der Waals surface area (Å²) in [6, 6.07) is 78.1. The number of hydrogen-bond donors (Lipinski definition) is 1. The second-order valence-electron chi connectivity index (χ2n) is 16.5. The number of benzene rings is 10. The first-order chi connectivity index (χ1) is 31.2. The van der Waals surface area contributed by atoms with Gasteiger partial charge in [0.25, 0.3) is 0 Å². The first kappa shape index (κ1) is 35.4. The molecule has 3 heterocycles. The van der Waals surface area contributed by atoms with Gasteiger partial charge in [0.1, 0.15) is 22.3 Å². The maximum absolute atomic E-state index is 6.76. The van der Waals surface area contributed by atoms with E-state index < -0.39 is 0 Å². The second-order valence-corrected chi connectivity index (χ2v) is 16.5. The molecule has 10 aromatic carbocycles. The van der Waals surface area contributed by atoms with Gasteiger partial charge >= 0.3 is 0 Å². The predicted octanol–water partition coefficient (Wildman–Crippen LogP) is 17.1.